The molecule has 0 amide bonds. The number of benzene rings is 2. The smallest absolute Gasteiger partial charge is 0.142 e. The number of hydrogen-bond donors (Lipinski definition) is 1. The van der Waals surface area contributed by atoms with Gasteiger partial charge in [-0.1, -0.05) is 29.8 Å². The highest BCUT2D eigenvalue weighted by atomic mass is 35.5. The van der Waals surface area contributed by atoms with Crippen molar-refractivity contribution < 1.29 is 4.74 Å². The lowest BCUT2D eigenvalue weighted by atomic mass is 10.1. The Bertz CT molecular complexity index is 599. The molecule has 0 aliphatic carbocycles. The van der Waals surface area contributed by atoms with E-state index in [4.69, 9.17) is 22.1 Å². The minimum absolute atomic E-state index is 0.0295. The first kappa shape index (κ1) is 14.7. The number of nitrogens with zero attached hydrogens (tertiary/aromatic N) is 1. The molecule has 0 spiro atoms. The monoisotopic (exact) mass is 290 g/mol. The molecule has 0 aromatic heterocycles. The minimum atomic E-state index is -0.0295. The summed E-state index contributed by atoms with van der Waals surface area (Å²) >= 11 is 6.38. The van der Waals surface area contributed by atoms with Gasteiger partial charge in [0.1, 0.15) is 5.75 Å². The van der Waals surface area contributed by atoms with Gasteiger partial charge >= 0.3 is 0 Å². The van der Waals surface area contributed by atoms with Crippen LogP contribution in [0, 0.1) is 0 Å². The van der Waals surface area contributed by atoms with Crippen molar-refractivity contribution in [3.63, 3.8) is 0 Å². The highest BCUT2D eigenvalue weighted by Crippen LogP contribution is 2.36. The van der Waals surface area contributed by atoms with Crippen LogP contribution in [0.3, 0.4) is 0 Å². The fourth-order valence-electron chi connectivity index (χ4n) is 2.12. The molecule has 0 aliphatic rings. The molecule has 0 heterocycles. The van der Waals surface area contributed by atoms with E-state index in [1.54, 1.807) is 7.11 Å². The third-order valence-electron chi connectivity index (χ3n) is 3.31. The van der Waals surface area contributed by atoms with Crippen LogP contribution in [0.15, 0.2) is 42.5 Å². The average Bonchev–Trinajstić information content (AvgIpc) is 2.46. The number of para-hydroxylation sites is 2. The van der Waals surface area contributed by atoms with Crippen LogP contribution in [0.25, 0.3) is 0 Å². The lowest BCUT2D eigenvalue weighted by molar-refractivity contribution is 0.415. The zero-order valence-corrected chi connectivity index (χ0v) is 12.7. The maximum atomic E-state index is 6.38. The second kappa shape index (κ2) is 6.16. The average molecular weight is 291 g/mol. The van der Waals surface area contributed by atoms with Gasteiger partial charge in [0.25, 0.3) is 0 Å². The van der Waals surface area contributed by atoms with E-state index in [1.807, 2.05) is 61.3 Å². The molecule has 0 fully saturated rings. The Morgan fingerprint density at radius 3 is 2.45 bits per heavy atom. The third kappa shape index (κ3) is 2.89. The van der Waals surface area contributed by atoms with Crippen LogP contribution in [0.1, 0.15) is 18.5 Å². The van der Waals surface area contributed by atoms with E-state index in [2.05, 4.69) is 0 Å². The molecular formula is C16H19ClN2O. The minimum Gasteiger partial charge on any atom is -0.495 e. The molecule has 0 unspecified atom stereocenters. The summed E-state index contributed by atoms with van der Waals surface area (Å²) in [5.74, 6) is 0.808. The van der Waals surface area contributed by atoms with Crippen LogP contribution in [-0.2, 0) is 0 Å². The van der Waals surface area contributed by atoms with Crippen LogP contribution >= 0.6 is 11.6 Å². The maximum absolute atomic E-state index is 6.38. The van der Waals surface area contributed by atoms with E-state index < -0.39 is 0 Å². The van der Waals surface area contributed by atoms with Crippen LogP contribution in [-0.4, -0.2) is 14.2 Å². The quantitative estimate of drug-likeness (QED) is 0.920. The van der Waals surface area contributed by atoms with Gasteiger partial charge in [0.05, 0.1) is 23.5 Å². The molecule has 4 heteroatoms. The Morgan fingerprint density at radius 2 is 1.85 bits per heavy atom. The molecule has 3 nitrogen and oxygen atoms in total. The molecule has 0 saturated carbocycles. The molecule has 2 aromatic carbocycles. The number of ether oxygens (including phenoxy) is 1. The lowest BCUT2D eigenvalue weighted by Crippen LogP contribution is -2.12. The summed E-state index contributed by atoms with van der Waals surface area (Å²) in [5.41, 5.74) is 8.77. The Morgan fingerprint density at radius 1 is 1.15 bits per heavy atom. The summed E-state index contributed by atoms with van der Waals surface area (Å²) in [7, 11) is 3.62. The van der Waals surface area contributed by atoms with Crippen LogP contribution < -0.4 is 15.4 Å². The van der Waals surface area contributed by atoms with Crippen molar-refractivity contribution >= 4 is 23.0 Å². The Labute approximate surface area is 124 Å². The third-order valence-corrected chi connectivity index (χ3v) is 3.61. The second-order valence-electron chi connectivity index (χ2n) is 4.73. The van der Waals surface area contributed by atoms with E-state index >= 15 is 0 Å². The van der Waals surface area contributed by atoms with Gasteiger partial charge in [0.15, 0.2) is 0 Å². The Kier molecular flexibility index (Phi) is 4.53. The molecular weight excluding hydrogens is 272 g/mol. The number of hydrogen-bond acceptors (Lipinski definition) is 3. The number of anilines is 2. The van der Waals surface area contributed by atoms with Gasteiger partial charge < -0.3 is 15.4 Å². The predicted molar refractivity (Wildman–Crippen MR) is 85.1 cm³/mol. The van der Waals surface area contributed by atoms with Gasteiger partial charge in [0, 0.05) is 13.1 Å². The van der Waals surface area contributed by atoms with Crippen LogP contribution in [0.5, 0.6) is 5.75 Å². The molecule has 2 aromatic rings. The zero-order valence-electron chi connectivity index (χ0n) is 11.9. The van der Waals surface area contributed by atoms with Crippen molar-refractivity contribution in [2.75, 3.05) is 19.1 Å². The molecule has 0 bridgehead atoms. The van der Waals surface area contributed by atoms with Gasteiger partial charge in [-0.25, -0.2) is 0 Å². The van der Waals surface area contributed by atoms with Gasteiger partial charge in [0.2, 0.25) is 0 Å². The predicted octanol–water partition coefficient (Wildman–Crippen LogP) is 4.14. The van der Waals surface area contributed by atoms with Crippen molar-refractivity contribution in [1.29, 1.82) is 0 Å². The fraction of sp³-hybridized carbons (Fsp3) is 0.250. The number of rotatable bonds is 4. The van der Waals surface area contributed by atoms with Crippen molar-refractivity contribution in [1.82, 2.24) is 0 Å². The normalized spacial score (nSPS) is 12.1. The lowest BCUT2D eigenvalue weighted by Gasteiger charge is -2.23. The molecule has 1 atom stereocenters. The summed E-state index contributed by atoms with van der Waals surface area (Å²) in [6, 6.07) is 13.7. The molecule has 2 N–H and O–H groups in total. The first-order valence-corrected chi connectivity index (χ1v) is 6.84. The maximum Gasteiger partial charge on any atom is 0.142 e. The first-order chi connectivity index (χ1) is 9.54. The van der Waals surface area contributed by atoms with Crippen LogP contribution in [0.4, 0.5) is 11.4 Å². The molecule has 0 saturated heterocycles. The van der Waals surface area contributed by atoms with Crippen molar-refractivity contribution in [2.45, 2.75) is 13.0 Å². The van der Waals surface area contributed by atoms with E-state index in [0.717, 1.165) is 22.7 Å². The standard InChI is InChI=1S/C16H19ClN2O/c1-11(18)12-8-9-14(13(17)10-12)19(2)15-6-4-5-7-16(15)20-3/h4-11H,18H2,1-3H3/t11-/m0/s1. The summed E-state index contributed by atoms with van der Waals surface area (Å²) in [6.45, 7) is 1.94. The Balaban J connectivity index is 2.40. The summed E-state index contributed by atoms with van der Waals surface area (Å²) in [5, 5.41) is 0.674. The van der Waals surface area contributed by atoms with Crippen LogP contribution in [0.2, 0.25) is 5.02 Å². The zero-order chi connectivity index (χ0) is 14.7. The molecule has 106 valence electrons. The largest absolute Gasteiger partial charge is 0.495 e. The second-order valence-corrected chi connectivity index (χ2v) is 5.14. The fourth-order valence-corrected chi connectivity index (χ4v) is 2.43. The topological polar surface area (TPSA) is 38.5 Å². The Hall–Kier alpha value is -1.71. The molecule has 0 aliphatic heterocycles. The van der Waals surface area contributed by atoms with E-state index in [9.17, 15) is 0 Å². The number of nitrogens with two attached hydrogens (primary N) is 1. The van der Waals surface area contributed by atoms with Crippen molar-refractivity contribution in [3.8, 4) is 5.75 Å². The number of methoxy groups -OCH3 is 1. The van der Waals surface area contributed by atoms with Crippen molar-refractivity contribution in [2.24, 2.45) is 5.73 Å². The van der Waals surface area contributed by atoms with E-state index in [1.165, 1.54) is 0 Å². The van der Waals surface area contributed by atoms with Gasteiger partial charge in [-0.2, -0.15) is 0 Å². The highest BCUT2D eigenvalue weighted by Gasteiger charge is 2.13. The summed E-state index contributed by atoms with van der Waals surface area (Å²) in [4.78, 5) is 2.01. The molecule has 0 radical (unpaired) electrons. The van der Waals surface area contributed by atoms with E-state index in [0.29, 0.717) is 5.02 Å². The molecule has 20 heavy (non-hydrogen) atoms. The van der Waals surface area contributed by atoms with Gasteiger partial charge in [-0.05, 0) is 36.8 Å². The SMILES string of the molecule is COc1ccccc1N(C)c1ccc([C@H](C)N)cc1Cl. The van der Waals surface area contributed by atoms with Gasteiger partial charge in [-0.3, -0.25) is 0 Å². The molecule has 2 rings (SSSR count). The number of halogens is 1. The highest BCUT2D eigenvalue weighted by molar-refractivity contribution is 6.33. The summed E-state index contributed by atoms with van der Waals surface area (Å²) in [6.07, 6.45) is 0. The van der Waals surface area contributed by atoms with Crippen molar-refractivity contribution in [3.05, 3.63) is 53.1 Å². The van der Waals surface area contributed by atoms with E-state index in [-0.39, 0.29) is 6.04 Å². The van der Waals surface area contributed by atoms with Gasteiger partial charge in [-0.15, -0.1) is 0 Å². The first-order valence-electron chi connectivity index (χ1n) is 6.46. The summed E-state index contributed by atoms with van der Waals surface area (Å²) < 4.78 is 5.39.